The molecule has 0 unspecified atom stereocenters. The molecule has 0 radical (unpaired) electrons. The van der Waals surface area contributed by atoms with Crippen LogP contribution in [0.15, 0.2) is 42.7 Å². The minimum Gasteiger partial charge on any atom is -0.381 e. The van der Waals surface area contributed by atoms with Crippen molar-refractivity contribution in [1.82, 2.24) is 14.7 Å². The van der Waals surface area contributed by atoms with Crippen molar-refractivity contribution in [2.75, 3.05) is 26.3 Å². The van der Waals surface area contributed by atoms with Crippen LogP contribution in [0.1, 0.15) is 22.3 Å². The van der Waals surface area contributed by atoms with Crippen LogP contribution in [0.3, 0.4) is 0 Å². The van der Waals surface area contributed by atoms with Gasteiger partial charge < -0.3 is 15.4 Å². The second-order valence-electron chi connectivity index (χ2n) is 6.84. The predicted molar refractivity (Wildman–Crippen MR) is 89.5 cm³/mol. The van der Waals surface area contributed by atoms with Crippen LogP contribution in [0.4, 0.5) is 0 Å². The Morgan fingerprint density at radius 1 is 1.38 bits per heavy atom. The van der Waals surface area contributed by atoms with Crippen LogP contribution in [-0.2, 0) is 11.3 Å². The molecule has 0 spiro atoms. The van der Waals surface area contributed by atoms with Crippen molar-refractivity contribution in [3.63, 3.8) is 0 Å². The Morgan fingerprint density at radius 2 is 2.21 bits per heavy atom. The van der Waals surface area contributed by atoms with E-state index in [2.05, 4.69) is 5.10 Å². The van der Waals surface area contributed by atoms with E-state index in [4.69, 9.17) is 10.5 Å². The first-order chi connectivity index (χ1) is 11.6. The summed E-state index contributed by atoms with van der Waals surface area (Å²) in [6.07, 6.45) is 4.51. The average molecular weight is 326 g/mol. The first kappa shape index (κ1) is 15.4. The smallest absolute Gasteiger partial charge is 0.253 e. The van der Waals surface area contributed by atoms with Gasteiger partial charge in [0, 0.05) is 49.1 Å². The standard InChI is InChI=1S/C18H22N4O2/c19-18-6-9-24-12-16(18)11-21(13-18)17(23)15-4-2-14(3-5-15)10-22-8-1-7-20-22/h1-5,7-8,16H,6,9-13,19H2/t16-,18+/m0/s1. The third kappa shape index (κ3) is 2.83. The molecule has 0 aliphatic carbocycles. The first-order valence-corrected chi connectivity index (χ1v) is 8.36. The maximum absolute atomic E-state index is 12.8. The number of hydrogen-bond donors (Lipinski definition) is 1. The van der Waals surface area contributed by atoms with Gasteiger partial charge in [-0.15, -0.1) is 0 Å². The van der Waals surface area contributed by atoms with Crippen LogP contribution < -0.4 is 5.73 Å². The highest BCUT2D eigenvalue weighted by atomic mass is 16.5. The van der Waals surface area contributed by atoms with Gasteiger partial charge in [0.2, 0.25) is 0 Å². The molecule has 6 nitrogen and oxygen atoms in total. The Kier molecular flexibility index (Phi) is 3.86. The summed E-state index contributed by atoms with van der Waals surface area (Å²) in [6, 6.07) is 9.65. The molecule has 2 atom stereocenters. The minimum atomic E-state index is -0.284. The minimum absolute atomic E-state index is 0.0554. The molecule has 2 aliphatic heterocycles. The molecular weight excluding hydrogens is 304 g/mol. The third-order valence-electron chi connectivity index (χ3n) is 5.16. The number of carbonyl (C=O) groups is 1. The van der Waals surface area contributed by atoms with Crippen molar-refractivity contribution < 1.29 is 9.53 Å². The molecule has 2 N–H and O–H groups in total. The quantitative estimate of drug-likeness (QED) is 0.917. The van der Waals surface area contributed by atoms with E-state index in [1.54, 1.807) is 6.20 Å². The number of likely N-dealkylation sites (tertiary alicyclic amines) is 1. The number of amides is 1. The van der Waals surface area contributed by atoms with E-state index >= 15 is 0 Å². The number of fused-ring (bicyclic) bond motifs is 1. The maximum atomic E-state index is 12.8. The van der Waals surface area contributed by atoms with E-state index in [1.165, 1.54) is 0 Å². The van der Waals surface area contributed by atoms with E-state index in [1.807, 2.05) is 46.1 Å². The van der Waals surface area contributed by atoms with Gasteiger partial charge in [-0.2, -0.15) is 5.10 Å². The van der Waals surface area contributed by atoms with E-state index in [9.17, 15) is 4.79 Å². The Bertz CT molecular complexity index is 713. The summed E-state index contributed by atoms with van der Waals surface area (Å²) >= 11 is 0. The third-order valence-corrected chi connectivity index (χ3v) is 5.16. The second kappa shape index (κ2) is 6.03. The molecule has 4 rings (SSSR count). The number of hydrogen-bond acceptors (Lipinski definition) is 4. The summed E-state index contributed by atoms with van der Waals surface area (Å²) < 4.78 is 7.38. The summed E-state index contributed by atoms with van der Waals surface area (Å²) in [5.74, 6) is 0.300. The van der Waals surface area contributed by atoms with Crippen LogP contribution in [-0.4, -0.2) is 52.4 Å². The van der Waals surface area contributed by atoms with Crippen molar-refractivity contribution in [1.29, 1.82) is 0 Å². The average Bonchev–Trinajstić information content (AvgIpc) is 3.21. The summed E-state index contributed by atoms with van der Waals surface area (Å²) in [5.41, 5.74) is 8.03. The SMILES string of the molecule is N[C@@]12CCOC[C@@H]1CN(C(=O)c1ccc(Cn3cccn3)cc1)C2. The molecular formula is C18H22N4O2. The Morgan fingerprint density at radius 3 is 2.92 bits per heavy atom. The highest BCUT2D eigenvalue weighted by molar-refractivity contribution is 5.94. The maximum Gasteiger partial charge on any atom is 0.253 e. The highest BCUT2D eigenvalue weighted by Crippen LogP contribution is 2.32. The number of nitrogens with zero attached hydrogens (tertiary/aromatic N) is 3. The van der Waals surface area contributed by atoms with Gasteiger partial charge in [-0.05, 0) is 30.2 Å². The van der Waals surface area contributed by atoms with Crippen LogP contribution in [0, 0.1) is 5.92 Å². The molecule has 1 aromatic heterocycles. The van der Waals surface area contributed by atoms with Crippen molar-refractivity contribution >= 4 is 5.91 Å². The summed E-state index contributed by atoms with van der Waals surface area (Å²) in [7, 11) is 0. The lowest BCUT2D eigenvalue weighted by Crippen LogP contribution is -2.52. The van der Waals surface area contributed by atoms with Crippen molar-refractivity contribution in [2.24, 2.45) is 11.7 Å². The van der Waals surface area contributed by atoms with Gasteiger partial charge in [-0.3, -0.25) is 9.48 Å². The zero-order chi connectivity index (χ0) is 16.6. The fourth-order valence-electron chi connectivity index (χ4n) is 3.66. The van der Waals surface area contributed by atoms with Crippen molar-refractivity contribution in [3.8, 4) is 0 Å². The molecule has 2 fully saturated rings. The molecule has 126 valence electrons. The molecule has 1 amide bonds. The van der Waals surface area contributed by atoms with Gasteiger partial charge >= 0.3 is 0 Å². The first-order valence-electron chi connectivity index (χ1n) is 8.36. The molecule has 2 aliphatic rings. The van der Waals surface area contributed by atoms with Gasteiger partial charge in [0.25, 0.3) is 5.91 Å². The van der Waals surface area contributed by atoms with Crippen LogP contribution >= 0.6 is 0 Å². The molecule has 1 aromatic carbocycles. The zero-order valence-corrected chi connectivity index (χ0v) is 13.6. The Hall–Kier alpha value is -2.18. The van der Waals surface area contributed by atoms with Gasteiger partial charge in [0.1, 0.15) is 0 Å². The van der Waals surface area contributed by atoms with Crippen LogP contribution in [0.2, 0.25) is 0 Å². The number of rotatable bonds is 3. The Labute approximate surface area is 141 Å². The molecule has 0 bridgehead atoms. The monoisotopic (exact) mass is 326 g/mol. The lowest BCUT2D eigenvalue weighted by molar-refractivity contribution is 0.0241. The number of carbonyl (C=O) groups excluding carboxylic acids is 1. The molecule has 6 heteroatoms. The summed E-state index contributed by atoms with van der Waals surface area (Å²) in [5, 5.41) is 4.20. The van der Waals surface area contributed by atoms with Crippen LogP contribution in [0.5, 0.6) is 0 Å². The number of nitrogens with two attached hydrogens (primary N) is 1. The van der Waals surface area contributed by atoms with E-state index < -0.39 is 0 Å². The van der Waals surface area contributed by atoms with E-state index in [-0.39, 0.29) is 17.4 Å². The molecule has 24 heavy (non-hydrogen) atoms. The van der Waals surface area contributed by atoms with Crippen molar-refractivity contribution in [3.05, 3.63) is 53.9 Å². The van der Waals surface area contributed by atoms with Gasteiger partial charge in [0.15, 0.2) is 0 Å². The zero-order valence-electron chi connectivity index (χ0n) is 13.6. The molecule has 0 saturated carbocycles. The van der Waals surface area contributed by atoms with Crippen LogP contribution in [0.25, 0.3) is 0 Å². The molecule has 2 saturated heterocycles. The summed E-state index contributed by atoms with van der Waals surface area (Å²) in [6.45, 7) is 3.36. The topological polar surface area (TPSA) is 73.4 Å². The lowest BCUT2D eigenvalue weighted by atomic mass is 9.84. The van der Waals surface area contributed by atoms with E-state index in [0.717, 1.165) is 12.0 Å². The molecule has 2 aromatic rings. The van der Waals surface area contributed by atoms with Gasteiger partial charge in [-0.1, -0.05) is 12.1 Å². The van der Waals surface area contributed by atoms with E-state index in [0.29, 0.717) is 38.4 Å². The lowest BCUT2D eigenvalue weighted by Gasteiger charge is -2.34. The predicted octanol–water partition coefficient (Wildman–Crippen LogP) is 1.12. The highest BCUT2D eigenvalue weighted by Gasteiger charge is 2.46. The van der Waals surface area contributed by atoms with Gasteiger partial charge in [0.05, 0.1) is 13.2 Å². The number of benzene rings is 1. The fourth-order valence-corrected chi connectivity index (χ4v) is 3.66. The fraction of sp³-hybridized carbons (Fsp3) is 0.444. The summed E-state index contributed by atoms with van der Waals surface area (Å²) in [4.78, 5) is 14.6. The van der Waals surface area contributed by atoms with Crippen molar-refractivity contribution in [2.45, 2.75) is 18.5 Å². The Balaban J connectivity index is 1.45. The van der Waals surface area contributed by atoms with Gasteiger partial charge in [-0.25, -0.2) is 0 Å². The normalized spacial score (nSPS) is 26.4. The number of ether oxygens (including phenoxy) is 1. The number of aromatic nitrogens is 2. The second-order valence-corrected chi connectivity index (χ2v) is 6.84. The largest absolute Gasteiger partial charge is 0.381 e. The molecule has 3 heterocycles.